The van der Waals surface area contributed by atoms with Crippen molar-refractivity contribution in [1.82, 2.24) is 0 Å². The zero-order chi connectivity index (χ0) is 18.5. The predicted octanol–water partition coefficient (Wildman–Crippen LogP) is 2.97. The van der Waals surface area contributed by atoms with Gasteiger partial charge in [-0.3, -0.25) is 0 Å². The van der Waals surface area contributed by atoms with E-state index in [-0.39, 0.29) is 6.79 Å². The van der Waals surface area contributed by atoms with Gasteiger partial charge in [0.05, 0.1) is 30.5 Å². The van der Waals surface area contributed by atoms with E-state index in [1.807, 2.05) is 6.07 Å². The van der Waals surface area contributed by atoms with E-state index < -0.39 is 0 Å². The Morgan fingerprint density at radius 1 is 0.885 bits per heavy atom. The number of carbonyl (C=O) groups excluding carboxylic acids is 1. The normalized spacial score (nSPS) is 9.81. The van der Waals surface area contributed by atoms with Crippen molar-refractivity contribution < 1.29 is 23.7 Å². The SMILES string of the molecule is N#Cc1ccc(OCCOCOCCOc2cccc(N=C=O)c2)cc1. The summed E-state index contributed by atoms with van der Waals surface area (Å²) in [5, 5.41) is 8.71. The van der Waals surface area contributed by atoms with Gasteiger partial charge in [0, 0.05) is 6.07 Å². The summed E-state index contributed by atoms with van der Waals surface area (Å²) in [6, 6.07) is 15.7. The zero-order valence-electron chi connectivity index (χ0n) is 14.1. The highest BCUT2D eigenvalue weighted by atomic mass is 16.7. The minimum absolute atomic E-state index is 0.134. The molecule has 0 spiro atoms. The molecular formula is C19H18N2O5. The standard InChI is InChI=1S/C19H18N2O5/c20-13-16-4-6-18(7-5-16)25-10-8-23-15-24-9-11-26-19-3-1-2-17(12-19)21-14-22/h1-7,12H,8-11,15H2. The first-order valence-electron chi connectivity index (χ1n) is 7.91. The van der Waals surface area contributed by atoms with Crippen LogP contribution in [0.2, 0.25) is 0 Å². The van der Waals surface area contributed by atoms with Crippen LogP contribution in [0.3, 0.4) is 0 Å². The Morgan fingerprint density at radius 3 is 2.23 bits per heavy atom. The topological polar surface area (TPSA) is 90.1 Å². The summed E-state index contributed by atoms with van der Waals surface area (Å²) in [4.78, 5) is 13.7. The van der Waals surface area contributed by atoms with Crippen molar-refractivity contribution in [3.05, 3.63) is 54.1 Å². The first kappa shape index (κ1) is 19.2. The van der Waals surface area contributed by atoms with Gasteiger partial charge in [-0.2, -0.15) is 10.3 Å². The van der Waals surface area contributed by atoms with Crippen molar-refractivity contribution in [2.24, 2.45) is 4.99 Å². The van der Waals surface area contributed by atoms with Gasteiger partial charge < -0.3 is 18.9 Å². The Hall–Kier alpha value is -3.17. The molecular weight excluding hydrogens is 336 g/mol. The van der Waals surface area contributed by atoms with E-state index in [1.54, 1.807) is 48.5 Å². The predicted molar refractivity (Wildman–Crippen MR) is 93.1 cm³/mol. The maximum atomic E-state index is 10.2. The molecule has 0 saturated carbocycles. The third-order valence-corrected chi connectivity index (χ3v) is 3.14. The van der Waals surface area contributed by atoms with E-state index in [1.165, 1.54) is 6.08 Å². The molecule has 0 aliphatic rings. The molecule has 0 bridgehead atoms. The summed E-state index contributed by atoms with van der Waals surface area (Å²) in [7, 11) is 0. The van der Waals surface area contributed by atoms with Gasteiger partial charge in [-0.15, -0.1) is 0 Å². The van der Waals surface area contributed by atoms with E-state index in [2.05, 4.69) is 4.99 Å². The Morgan fingerprint density at radius 2 is 1.58 bits per heavy atom. The van der Waals surface area contributed by atoms with Crippen LogP contribution in [-0.2, 0) is 14.3 Å². The van der Waals surface area contributed by atoms with Gasteiger partial charge in [0.1, 0.15) is 31.5 Å². The average molecular weight is 354 g/mol. The molecule has 0 aromatic heterocycles. The highest BCUT2D eigenvalue weighted by molar-refractivity contribution is 5.51. The fourth-order valence-corrected chi connectivity index (χ4v) is 1.93. The van der Waals surface area contributed by atoms with E-state index in [0.717, 1.165) is 0 Å². The van der Waals surface area contributed by atoms with E-state index in [0.29, 0.717) is 49.2 Å². The molecule has 26 heavy (non-hydrogen) atoms. The molecule has 0 saturated heterocycles. The monoisotopic (exact) mass is 354 g/mol. The molecule has 0 heterocycles. The quantitative estimate of drug-likeness (QED) is 0.267. The second-order valence-corrected chi connectivity index (χ2v) is 4.97. The lowest BCUT2D eigenvalue weighted by Crippen LogP contribution is -2.12. The second-order valence-electron chi connectivity index (χ2n) is 4.97. The zero-order valence-corrected chi connectivity index (χ0v) is 14.1. The molecule has 2 rings (SSSR count). The molecule has 0 aliphatic heterocycles. The minimum atomic E-state index is 0.134. The molecule has 2 aromatic carbocycles. The van der Waals surface area contributed by atoms with E-state index in [9.17, 15) is 4.79 Å². The van der Waals surface area contributed by atoms with Crippen molar-refractivity contribution in [2.45, 2.75) is 0 Å². The number of nitrogens with zero attached hydrogens (tertiary/aromatic N) is 2. The fourth-order valence-electron chi connectivity index (χ4n) is 1.93. The lowest BCUT2D eigenvalue weighted by molar-refractivity contribution is -0.0662. The minimum Gasteiger partial charge on any atom is -0.491 e. The Kier molecular flexibility index (Phi) is 8.40. The number of nitriles is 1. The average Bonchev–Trinajstić information content (AvgIpc) is 2.68. The van der Waals surface area contributed by atoms with Crippen LogP contribution in [0.1, 0.15) is 5.56 Å². The summed E-state index contributed by atoms with van der Waals surface area (Å²) in [6.07, 6.45) is 1.48. The molecule has 0 aliphatic carbocycles. The molecule has 0 N–H and O–H groups in total. The van der Waals surface area contributed by atoms with E-state index >= 15 is 0 Å². The van der Waals surface area contributed by atoms with Crippen molar-refractivity contribution in [2.75, 3.05) is 33.2 Å². The van der Waals surface area contributed by atoms with Crippen LogP contribution in [0.25, 0.3) is 0 Å². The van der Waals surface area contributed by atoms with Crippen LogP contribution in [0.15, 0.2) is 53.5 Å². The molecule has 134 valence electrons. The number of hydrogen-bond donors (Lipinski definition) is 0. The van der Waals surface area contributed by atoms with Crippen LogP contribution in [0.4, 0.5) is 5.69 Å². The molecule has 0 radical (unpaired) electrons. The number of benzene rings is 2. The Labute approximate surface area is 151 Å². The number of aliphatic imine (C=N–C) groups is 1. The van der Waals surface area contributed by atoms with Crippen LogP contribution in [0.5, 0.6) is 11.5 Å². The van der Waals surface area contributed by atoms with Crippen LogP contribution in [-0.4, -0.2) is 39.3 Å². The number of ether oxygens (including phenoxy) is 4. The van der Waals surface area contributed by atoms with Gasteiger partial charge in [0.25, 0.3) is 0 Å². The van der Waals surface area contributed by atoms with Gasteiger partial charge >= 0.3 is 0 Å². The smallest absolute Gasteiger partial charge is 0.240 e. The van der Waals surface area contributed by atoms with Crippen molar-refractivity contribution in [3.63, 3.8) is 0 Å². The summed E-state index contributed by atoms with van der Waals surface area (Å²) in [6.45, 7) is 1.61. The van der Waals surface area contributed by atoms with E-state index in [4.69, 9.17) is 24.2 Å². The molecule has 2 aromatic rings. The lowest BCUT2D eigenvalue weighted by atomic mass is 10.2. The molecule has 7 heteroatoms. The third kappa shape index (κ3) is 7.16. The third-order valence-electron chi connectivity index (χ3n) is 3.14. The molecule has 0 unspecified atom stereocenters. The molecule has 0 fully saturated rings. The largest absolute Gasteiger partial charge is 0.491 e. The van der Waals surface area contributed by atoms with Crippen LogP contribution in [0, 0.1) is 11.3 Å². The van der Waals surface area contributed by atoms with Gasteiger partial charge in [-0.05, 0) is 36.4 Å². The summed E-state index contributed by atoms with van der Waals surface area (Å²) >= 11 is 0. The summed E-state index contributed by atoms with van der Waals surface area (Å²) in [5.74, 6) is 1.28. The second kappa shape index (κ2) is 11.4. The van der Waals surface area contributed by atoms with Crippen LogP contribution >= 0.6 is 0 Å². The number of hydrogen-bond acceptors (Lipinski definition) is 7. The molecule has 0 amide bonds. The first-order chi connectivity index (χ1) is 12.8. The number of rotatable bonds is 11. The first-order valence-corrected chi connectivity index (χ1v) is 7.91. The maximum absolute atomic E-state index is 10.2. The molecule has 0 atom stereocenters. The van der Waals surface area contributed by atoms with Gasteiger partial charge in [-0.25, -0.2) is 4.79 Å². The van der Waals surface area contributed by atoms with Crippen LogP contribution < -0.4 is 9.47 Å². The van der Waals surface area contributed by atoms with Crippen molar-refractivity contribution >= 4 is 11.8 Å². The van der Waals surface area contributed by atoms with Crippen molar-refractivity contribution in [3.8, 4) is 17.6 Å². The fraction of sp³-hybridized carbons (Fsp3) is 0.263. The summed E-state index contributed by atoms with van der Waals surface area (Å²) in [5.41, 5.74) is 1.08. The highest BCUT2D eigenvalue weighted by Crippen LogP contribution is 2.19. The Bertz CT molecular complexity index is 764. The van der Waals surface area contributed by atoms with Gasteiger partial charge in [0.15, 0.2) is 0 Å². The van der Waals surface area contributed by atoms with Gasteiger partial charge in [-0.1, -0.05) is 6.07 Å². The summed E-state index contributed by atoms with van der Waals surface area (Å²) < 4.78 is 21.5. The maximum Gasteiger partial charge on any atom is 0.240 e. The molecule has 7 nitrogen and oxygen atoms in total. The Balaban J connectivity index is 1.49. The number of isocyanates is 1. The highest BCUT2D eigenvalue weighted by Gasteiger charge is 1.97. The lowest BCUT2D eigenvalue weighted by Gasteiger charge is -2.09. The van der Waals surface area contributed by atoms with Gasteiger partial charge in [0.2, 0.25) is 6.08 Å². The van der Waals surface area contributed by atoms with Crippen molar-refractivity contribution in [1.29, 1.82) is 5.26 Å².